The molecule has 32 heavy (non-hydrogen) atoms. The zero-order valence-electron chi connectivity index (χ0n) is 18.7. The molecule has 178 valence electrons. The lowest BCUT2D eigenvalue weighted by Crippen LogP contribution is -2.57. The number of nitrogens with one attached hydrogen (secondary N) is 2. The molecule has 0 bridgehead atoms. The fraction of sp³-hybridized carbons (Fsp3) is 0.708. The van der Waals surface area contributed by atoms with E-state index in [2.05, 4.69) is 16.1 Å². The average Bonchev–Trinajstić information content (AvgIpc) is 2.76. The molecule has 1 heterocycles. The van der Waals surface area contributed by atoms with E-state index in [1.807, 2.05) is 18.2 Å². The Morgan fingerprint density at radius 1 is 1.03 bits per heavy atom. The predicted molar refractivity (Wildman–Crippen MR) is 123 cm³/mol. The van der Waals surface area contributed by atoms with Crippen molar-refractivity contribution in [2.45, 2.75) is 87.1 Å². The number of aldehydes is 1. The van der Waals surface area contributed by atoms with Crippen LogP contribution < -0.4 is 14.8 Å². The maximum Gasteiger partial charge on any atom is 0.214 e. The van der Waals surface area contributed by atoms with Crippen LogP contribution in [0, 0.1) is 0 Å². The minimum Gasteiger partial charge on any atom is -0.486 e. The molecule has 2 atom stereocenters. The van der Waals surface area contributed by atoms with E-state index in [1.165, 1.54) is 5.56 Å². The second-order valence-electron chi connectivity index (χ2n) is 9.35. The van der Waals surface area contributed by atoms with Crippen molar-refractivity contribution < 1.29 is 22.7 Å². The van der Waals surface area contributed by atoms with Gasteiger partial charge in [0.1, 0.15) is 12.4 Å². The summed E-state index contributed by atoms with van der Waals surface area (Å²) in [5, 5.41) is 3.26. The predicted octanol–water partition coefficient (Wildman–Crippen LogP) is 2.90. The second-order valence-corrected chi connectivity index (χ2v) is 11.3. The number of hydrogen-bond acceptors (Lipinski definition) is 6. The summed E-state index contributed by atoms with van der Waals surface area (Å²) in [6.45, 7) is 1.52. The van der Waals surface area contributed by atoms with Gasteiger partial charge in [-0.05, 0) is 75.5 Å². The van der Waals surface area contributed by atoms with Gasteiger partial charge in [0.05, 0.1) is 18.0 Å². The van der Waals surface area contributed by atoms with Gasteiger partial charge < -0.3 is 14.8 Å². The number of para-hydroxylation sites is 1. The van der Waals surface area contributed by atoms with E-state index in [-0.39, 0.29) is 30.0 Å². The lowest BCUT2D eigenvalue weighted by Gasteiger charge is -2.37. The highest BCUT2D eigenvalue weighted by atomic mass is 32.2. The molecule has 0 amide bonds. The van der Waals surface area contributed by atoms with Crippen LogP contribution in [-0.4, -0.2) is 57.9 Å². The Bertz CT molecular complexity index is 850. The van der Waals surface area contributed by atoms with Crippen LogP contribution in [0.3, 0.4) is 0 Å². The van der Waals surface area contributed by atoms with Crippen LogP contribution in [-0.2, 0) is 19.6 Å². The number of sulfonamides is 1. The van der Waals surface area contributed by atoms with E-state index in [0.29, 0.717) is 12.5 Å². The molecule has 3 aliphatic rings. The molecule has 8 heteroatoms. The van der Waals surface area contributed by atoms with Gasteiger partial charge in [0.15, 0.2) is 6.29 Å². The van der Waals surface area contributed by atoms with Crippen molar-refractivity contribution >= 4 is 16.3 Å². The fourth-order valence-electron chi connectivity index (χ4n) is 5.11. The van der Waals surface area contributed by atoms with Gasteiger partial charge in [-0.25, -0.2) is 13.1 Å². The van der Waals surface area contributed by atoms with Crippen LogP contribution in [0.5, 0.6) is 5.75 Å². The molecule has 1 aliphatic heterocycles. The first-order valence-electron chi connectivity index (χ1n) is 12.1. The van der Waals surface area contributed by atoms with Gasteiger partial charge in [0.2, 0.25) is 10.0 Å². The summed E-state index contributed by atoms with van der Waals surface area (Å²) in [5.74, 6) is 1.21. The van der Waals surface area contributed by atoms with Crippen LogP contribution >= 0.6 is 0 Å². The van der Waals surface area contributed by atoms with Crippen LogP contribution in [0.1, 0.15) is 69.3 Å². The quantitative estimate of drug-likeness (QED) is 0.517. The number of carbonyl (C=O) groups excluding carboxylic acids is 1. The van der Waals surface area contributed by atoms with E-state index in [1.54, 1.807) is 0 Å². The van der Waals surface area contributed by atoms with Crippen LogP contribution in [0.2, 0.25) is 0 Å². The molecule has 1 aromatic rings. The summed E-state index contributed by atoms with van der Waals surface area (Å²) in [4.78, 5) is 10.7. The van der Waals surface area contributed by atoms with Gasteiger partial charge in [-0.15, -0.1) is 0 Å². The Labute approximate surface area is 191 Å². The number of ether oxygens (including phenoxy) is 2. The summed E-state index contributed by atoms with van der Waals surface area (Å²) in [6.07, 6.45) is 9.36. The summed E-state index contributed by atoms with van der Waals surface area (Å²) in [7, 11) is -3.23. The molecule has 0 radical (unpaired) electrons. The molecule has 7 nitrogen and oxygen atoms in total. The average molecular weight is 465 g/mol. The fourth-order valence-corrected chi connectivity index (χ4v) is 6.96. The third kappa shape index (κ3) is 5.90. The number of rotatable bonds is 10. The van der Waals surface area contributed by atoms with Crippen molar-refractivity contribution in [2.24, 2.45) is 0 Å². The molecule has 2 saturated carbocycles. The minimum atomic E-state index is -3.23. The van der Waals surface area contributed by atoms with Crippen molar-refractivity contribution in [3.05, 3.63) is 29.8 Å². The van der Waals surface area contributed by atoms with Gasteiger partial charge in [-0.1, -0.05) is 24.6 Å². The Morgan fingerprint density at radius 2 is 1.81 bits per heavy atom. The molecule has 1 aromatic carbocycles. The van der Waals surface area contributed by atoms with Crippen molar-refractivity contribution in [3.63, 3.8) is 0 Å². The van der Waals surface area contributed by atoms with Crippen molar-refractivity contribution in [1.82, 2.24) is 10.0 Å². The number of benzene rings is 1. The minimum absolute atomic E-state index is 0.0220. The van der Waals surface area contributed by atoms with Crippen molar-refractivity contribution in [3.8, 4) is 5.75 Å². The van der Waals surface area contributed by atoms with E-state index in [0.717, 1.165) is 76.4 Å². The maximum atomic E-state index is 12.6. The van der Waals surface area contributed by atoms with Crippen LogP contribution in [0.25, 0.3) is 0 Å². The summed E-state index contributed by atoms with van der Waals surface area (Å²) >= 11 is 0. The lowest BCUT2D eigenvalue weighted by molar-refractivity contribution is -0.109. The highest BCUT2D eigenvalue weighted by Gasteiger charge is 2.36. The van der Waals surface area contributed by atoms with Crippen molar-refractivity contribution in [1.29, 1.82) is 0 Å². The highest BCUT2D eigenvalue weighted by molar-refractivity contribution is 7.90. The Morgan fingerprint density at radius 3 is 2.53 bits per heavy atom. The smallest absolute Gasteiger partial charge is 0.214 e. The monoisotopic (exact) mass is 464 g/mol. The van der Waals surface area contributed by atoms with Crippen LogP contribution in [0.4, 0.5) is 0 Å². The molecular weight excluding hydrogens is 428 g/mol. The third-order valence-electron chi connectivity index (χ3n) is 7.24. The summed E-state index contributed by atoms with van der Waals surface area (Å²) in [6, 6.07) is 7.91. The molecule has 2 aliphatic carbocycles. The Hall–Kier alpha value is -1.48. The zero-order valence-corrected chi connectivity index (χ0v) is 19.5. The molecule has 1 saturated heterocycles. The van der Waals surface area contributed by atoms with Gasteiger partial charge in [0, 0.05) is 12.1 Å². The number of piperidine rings is 1. The lowest BCUT2D eigenvalue weighted by atomic mass is 9.82. The SMILES string of the molecule is O=CCOc1ccccc1C1CCC(OC[C@@H]2NCCC[C@@H]2NS(=O)(=O)C2CCC2)CC1. The van der Waals surface area contributed by atoms with Gasteiger partial charge in [-0.3, -0.25) is 4.79 Å². The highest BCUT2D eigenvalue weighted by Crippen LogP contribution is 2.38. The van der Waals surface area contributed by atoms with Gasteiger partial charge in [0.25, 0.3) is 0 Å². The largest absolute Gasteiger partial charge is 0.486 e. The topological polar surface area (TPSA) is 93.7 Å². The van der Waals surface area contributed by atoms with Gasteiger partial charge in [-0.2, -0.15) is 0 Å². The molecule has 4 rings (SSSR count). The summed E-state index contributed by atoms with van der Waals surface area (Å²) < 4.78 is 40.0. The number of carbonyl (C=O) groups is 1. The standard InChI is InChI=1S/C24H36N2O5S/c27-15-16-30-24-9-2-1-7-21(24)18-10-12-19(13-11-18)31-17-23-22(8-4-14-25-23)26-32(28,29)20-5-3-6-20/h1-2,7,9,15,18-20,22-23,25-26H,3-6,8,10-14,16-17H2/t18?,19?,22-,23-/m0/s1. The Balaban J connectivity index is 1.26. The van der Waals surface area contributed by atoms with Gasteiger partial charge >= 0.3 is 0 Å². The first-order chi connectivity index (χ1) is 15.6. The summed E-state index contributed by atoms with van der Waals surface area (Å²) in [5.41, 5.74) is 1.17. The Kier molecular flexibility index (Phi) is 8.21. The van der Waals surface area contributed by atoms with E-state index in [9.17, 15) is 13.2 Å². The number of hydrogen-bond donors (Lipinski definition) is 2. The third-order valence-corrected chi connectivity index (χ3v) is 9.22. The molecular formula is C24H36N2O5S. The van der Waals surface area contributed by atoms with E-state index >= 15 is 0 Å². The van der Waals surface area contributed by atoms with E-state index < -0.39 is 10.0 Å². The molecule has 0 unspecified atom stereocenters. The van der Waals surface area contributed by atoms with Crippen LogP contribution in [0.15, 0.2) is 24.3 Å². The molecule has 3 fully saturated rings. The van der Waals surface area contributed by atoms with E-state index in [4.69, 9.17) is 9.47 Å². The normalized spacial score (nSPS) is 29.2. The first-order valence-corrected chi connectivity index (χ1v) is 13.6. The molecule has 0 spiro atoms. The second kappa shape index (κ2) is 11.1. The zero-order chi connectivity index (χ0) is 22.4. The first kappa shape index (κ1) is 23.7. The van der Waals surface area contributed by atoms with Crippen molar-refractivity contribution in [2.75, 3.05) is 19.8 Å². The molecule has 0 aromatic heterocycles. The maximum absolute atomic E-state index is 12.6. The molecule has 2 N–H and O–H groups in total.